The highest BCUT2D eigenvalue weighted by Crippen LogP contribution is 2.38. The fourth-order valence-electron chi connectivity index (χ4n) is 5.67. The number of allylic oxidation sites excluding steroid dienone is 2. The molecule has 1 aromatic rings. The maximum absolute atomic E-state index is 13.2. The van der Waals surface area contributed by atoms with Crippen molar-refractivity contribution in [3.63, 3.8) is 0 Å². The normalized spacial score (nSPS) is 20.2. The Balaban J connectivity index is 1.74. The monoisotopic (exact) mass is 685 g/mol. The molecule has 4 N–H and O–H groups in total. The molecule has 0 aliphatic carbocycles. The molecular weight excluding hydrogens is 643 g/mol. The number of rotatable bonds is 9. The van der Waals surface area contributed by atoms with Gasteiger partial charge in [-0.1, -0.05) is 6.07 Å². The highest BCUT2D eigenvalue weighted by Gasteiger charge is 2.40. The van der Waals surface area contributed by atoms with Gasteiger partial charge < -0.3 is 34.7 Å². The summed E-state index contributed by atoms with van der Waals surface area (Å²) in [5.74, 6) is -1.97. The summed E-state index contributed by atoms with van der Waals surface area (Å²) < 4.78 is 65.4. The number of piperidine rings is 1. The number of hydrogen-bond donors (Lipinski definition) is 3. The Morgan fingerprint density at radius 1 is 1.17 bits per heavy atom. The van der Waals surface area contributed by atoms with Crippen LogP contribution in [-0.4, -0.2) is 85.8 Å². The van der Waals surface area contributed by atoms with Gasteiger partial charge in [-0.05, 0) is 65.0 Å². The molecule has 0 aromatic heterocycles. The van der Waals surface area contributed by atoms with Crippen LogP contribution in [0.1, 0.15) is 74.9 Å². The molecule has 266 valence electrons. The summed E-state index contributed by atoms with van der Waals surface area (Å²) >= 11 is 0. The third-order valence-electron chi connectivity index (χ3n) is 7.47. The van der Waals surface area contributed by atoms with Crippen LogP contribution in [0.4, 0.5) is 23.7 Å². The van der Waals surface area contributed by atoms with E-state index in [1.807, 2.05) is 0 Å². The van der Waals surface area contributed by atoms with E-state index in [0.29, 0.717) is 40.9 Å². The van der Waals surface area contributed by atoms with Gasteiger partial charge in [0.15, 0.2) is 6.79 Å². The number of hydrazine groups is 1. The Morgan fingerprint density at radius 2 is 1.92 bits per heavy atom. The average molecular weight is 686 g/mol. The topological polar surface area (TPSA) is 163 Å². The van der Waals surface area contributed by atoms with E-state index < -0.39 is 47.9 Å². The molecule has 1 fully saturated rings. The Bertz CT molecular complexity index is 1430. The van der Waals surface area contributed by atoms with Crippen LogP contribution in [-0.2, 0) is 39.9 Å². The Kier molecular flexibility index (Phi) is 11.7. The number of carbonyl (C=O) groups is 3. The molecule has 48 heavy (non-hydrogen) atoms. The van der Waals surface area contributed by atoms with Crippen molar-refractivity contribution in [2.75, 3.05) is 39.0 Å². The first-order valence-electron chi connectivity index (χ1n) is 15.5. The van der Waals surface area contributed by atoms with Crippen LogP contribution in [0.25, 0.3) is 5.70 Å². The van der Waals surface area contributed by atoms with Gasteiger partial charge in [0.25, 0.3) is 5.91 Å². The van der Waals surface area contributed by atoms with Gasteiger partial charge >= 0.3 is 18.4 Å². The lowest BCUT2D eigenvalue weighted by Gasteiger charge is -2.39. The number of amides is 2. The summed E-state index contributed by atoms with van der Waals surface area (Å²) in [5.41, 5.74) is 9.49. The summed E-state index contributed by atoms with van der Waals surface area (Å²) in [6.45, 7) is 6.86. The molecule has 2 atom stereocenters. The fraction of sp³-hybridized carbons (Fsp3) is 0.581. The van der Waals surface area contributed by atoms with E-state index in [-0.39, 0.29) is 51.6 Å². The number of methoxy groups -OCH3 is 1. The molecule has 14 nitrogen and oxygen atoms in total. The summed E-state index contributed by atoms with van der Waals surface area (Å²) in [6.07, 6.45) is -3.04. The highest BCUT2D eigenvalue weighted by molar-refractivity contribution is 6.01. The number of likely N-dealkylation sites (tertiary alicyclic amines) is 1. The van der Waals surface area contributed by atoms with Crippen LogP contribution in [0, 0.1) is 0 Å². The second-order valence-corrected chi connectivity index (χ2v) is 12.2. The Hall–Kier alpha value is -4.22. The van der Waals surface area contributed by atoms with Crippen molar-refractivity contribution in [2.24, 2.45) is 5.73 Å². The minimum Gasteiger partial charge on any atom is -0.464 e. The standard InChI is InChI=1S/C31H42F3N5O9/c1-6-45-28(41)23-12-9-19(15-38(23)29(42)48-30(2,3)4)36-22-11-10-20-21(25(22)27(35)40)16-44-13-7-8-18-14-24(47-31(32,33)34)37-39(26(18)20)46-17-43-5/h10-11,14,19,23,36-37H,6-9,12-13,15-17H2,1-5H3,(H2,35,40)/t19-,23+/m1/s1. The number of nitrogens with one attached hydrogen (secondary N) is 2. The van der Waals surface area contributed by atoms with Gasteiger partial charge in [0.05, 0.1) is 24.5 Å². The predicted octanol–water partition coefficient (Wildman–Crippen LogP) is 4.28. The number of fused-ring (bicyclic) bond motifs is 2. The number of ether oxygens (including phenoxy) is 5. The van der Waals surface area contributed by atoms with Crippen molar-refractivity contribution in [3.8, 4) is 0 Å². The molecule has 3 aliphatic rings. The molecule has 1 saturated heterocycles. The minimum absolute atomic E-state index is 0.0504. The number of halogens is 3. The number of hydrogen-bond acceptors (Lipinski definition) is 12. The van der Waals surface area contributed by atoms with Crippen LogP contribution >= 0.6 is 0 Å². The SMILES string of the molecule is CCOC(=O)[C@@H]1CC[C@@H](Nc2ccc3c(c2C(N)=O)COCCCC2=C3N(OCOC)NC(OC(F)(F)F)=C2)CN1C(=O)OC(C)(C)C. The predicted molar refractivity (Wildman–Crippen MR) is 164 cm³/mol. The van der Waals surface area contributed by atoms with Gasteiger partial charge in [0.1, 0.15) is 11.6 Å². The largest absolute Gasteiger partial charge is 0.574 e. The maximum Gasteiger partial charge on any atom is 0.574 e. The van der Waals surface area contributed by atoms with E-state index in [1.165, 1.54) is 18.1 Å². The first-order valence-corrected chi connectivity index (χ1v) is 15.5. The number of carbonyl (C=O) groups excluding carboxylic acids is 3. The van der Waals surface area contributed by atoms with Crippen LogP contribution < -0.4 is 16.5 Å². The van der Waals surface area contributed by atoms with Crippen LogP contribution in [0.3, 0.4) is 0 Å². The van der Waals surface area contributed by atoms with Gasteiger partial charge in [0, 0.05) is 49.2 Å². The van der Waals surface area contributed by atoms with Gasteiger partial charge in [-0.15, -0.1) is 13.2 Å². The zero-order valence-corrected chi connectivity index (χ0v) is 27.5. The molecule has 0 unspecified atom stereocenters. The molecule has 0 spiro atoms. The van der Waals surface area contributed by atoms with E-state index in [1.54, 1.807) is 39.8 Å². The summed E-state index contributed by atoms with van der Waals surface area (Å²) in [5, 5.41) is 4.31. The van der Waals surface area contributed by atoms with Crippen molar-refractivity contribution in [2.45, 2.75) is 84.0 Å². The van der Waals surface area contributed by atoms with Gasteiger partial charge in [-0.2, -0.15) is 5.17 Å². The van der Waals surface area contributed by atoms with Crippen molar-refractivity contribution in [3.05, 3.63) is 46.4 Å². The van der Waals surface area contributed by atoms with Gasteiger partial charge in [-0.3, -0.25) is 9.69 Å². The lowest BCUT2D eigenvalue weighted by molar-refractivity contribution is -0.316. The number of alkyl halides is 3. The summed E-state index contributed by atoms with van der Waals surface area (Å²) in [7, 11) is 1.35. The Labute approximate surface area is 276 Å². The molecule has 0 saturated carbocycles. The Morgan fingerprint density at radius 3 is 2.56 bits per heavy atom. The summed E-state index contributed by atoms with van der Waals surface area (Å²) in [4.78, 5) is 46.0. The number of anilines is 1. The van der Waals surface area contributed by atoms with Crippen LogP contribution in [0.2, 0.25) is 0 Å². The smallest absolute Gasteiger partial charge is 0.464 e. The lowest BCUT2D eigenvalue weighted by atomic mass is 9.92. The van der Waals surface area contributed by atoms with E-state index in [2.05, 4.69) is 15.5 Å². The van der Waals surface area contributed by atoms with Crippen LogP contribution in [0.5, 0.6) is 0 Å². The number of nitrogens with zero attached hydrogens (tertiary/aromatic N) is 2. The lowest BCUT2D eigenvalue weighted by Crippen LogP contribution is -2.55. The zero-order chi connectivity index (χ0) is 35.2. The third kappa shape index (κ3) is 9.23. The number of nitrogens with two attached hydrogens (primary N) is 1. The van der Waals surface area contributed by atoms with E-state index >= 15 is 0 Å². The highest BCUT2D eigenvalue weighted by atomic mass is 19.4. The zero-order valence-electron chi connectivity index (χ0n) is 27.5. The molecule has 3 heterocycles. The first kappa shape index (κ1) is 36.6. The molecule has 17 heteroatoms. The minimum atomic E-state index is -4.97. The molecule has 4 rings (SSSR count). The van der Waals surface area contributed by atoms with Gasteiger partial charge in [-0.25, -0.2) is 19.9 Å². The van der Waals surface area contributed by atoms with Gasteiger partial charge in [0.2, 0.25) is 5.88 Å². The molecule has 3 aliphatic heterocycles. The van der Waals surface area contributed by atoms with Crippen molar-refractivity contribution >= 4 is 29.4 Å². The van der Waals surface area contributed by atoms with E-state index in [0.717, 1.165) is 5.17 Å². The molecular formula is C31H42F3N5O9. The number of primary amides is 1. The van der Waals surface area contributed by atoms with Crippen LogP contribution in [0.15, 0.2) is 29.7 Å². The van der Waals surface area contributed by atoms with E-state index in [9.17, 15) is 27.6 Å². The van der Waals surface area contributed by atoms with Crippen molar-refractivity contribution in [1.29, 1.82) is 0 Å². The molecule has 2 amide bonds. The first-order chi connectivity index (χ1) is 22.6. The van der Waals surface area contributed by atoms with E-state index in [4.69, 9.17) is 29.5 Å². The molecule has 1 aromatic carbocycles. The summed E-state index contributed by atoms with van der Waals surface area (Å²) in [6, 6.07) is 1.98. The quantitative estimate of drug-likeness (QED) is 0.250. The number of hydroxylamine groups is 1. The fourth-order valence-corrected chi connectivity index (χ4v) is 5.67. The second-order valence-electron chi connectivity index (χ2n) is 12.2. The third-order valence-corrected chi connectivity index (χ3v) is 7.47. The average Bonchev–Trinajstić information content (AvgIpc) is 3.07. The molecule has 0 bridgehead atoms. The van der Waals surface area contributed by atoms with Crippen molar-refractivity contribution < 1.29 is 56.1 Å². The van der Waals surface area contributed by atoms with Crippen molar-refractivity contribution in [1.82, 2.24) is 15.5 Å². The second kappa shape index (κ2) is 15.3. The molecule has 0 radical (unpaired) electrons. The number of esters is 1. The maximum atomic E-state index is 13.2. The number of benzene rings is 1.